The predicted octanol–water partition coefficient (Wildman–Crippen LogP) is 1.89. The highest BCUT2D eigenvalue weighted by Crippen LogP contribution is 2.20. The van der Waals surface area contributed by atoms with E-state index in [2.05, 4.69) is 39.2 Å². The maximum Gasteiger partial charge on any atom is 0.249 e. The number of nitrogens with one attached hydrogen (secondary N) is 5. The van der Waals surface area contributed by atoms with Crippen molar-refractivity contribution in [3.05, 3.63) is 35.4 Å². The zero-order valence-electron chi connectivity index (χ0n) is 56.6. The predicted molar refractivity (Wildman–Crippen MR) is 365 cm³/mol. The number of thioether (sulfide) groups is 1. The Bertz CT molecular complexity index is 2530. The van der Waals surface area contributed by atoms with Crippen LogP contribution in [0.25, 0.3) is 0 Å². The van der Waals surface area contributed by atoms with E-state index in [1.165, 1.54) is 30.6 Å². The summed E-state index contributed by atoms with van der Waals surface area (Å²) in [5.74, 6) is -4.55. The lowest BCUT2D eigenvalue weighted by Gasteiger charge is -2.27. The summed E-state index contributed by atoms with van der Waals surface area (Å²) in [6, 6.07) is 3.36. The van der Waals surface area contributed by atoms with E-state index in [0.717, 1.165) is 5.56 Å². The molecular formula is C66H110N8O20S2. The first-order valence-corrected chi connectivity index (χ1v) is 34.5. The molecule has 1 saturated heterocycles. The molecule has 1 aromatic rings. The van der Waals surface area contributed by atoms with Gasteiger partial charge in [0.05, 0.1) is 76.9 Å². The highest BCUT2D eigenvalue weighted by Gasteiger charge is 2.36. The second kappa shape index (κ2) is 54.9. The summed E-state index contributed by atoms with van der Waals surface area (Å²) in [6.07, 6.45) is 4.90. The van der Waals surface area contributed by atoms with Gasteiger partial charge in [0.15, 0.2) is 28.9 Å². The standard InChI is InChI=1S/C45H70N6O12S.C20H36N2O8S.CH4/c1-29(2)23-34(39(54)15-16-41(56)49-36(28-64-6)40(55)24-30(3)44(59)47-5)50-45(60)37-9-7-18-51(37)43(58)27-62-19-8-10-38(53)35(25-32-11-13-33(14-12-32)31(4)52)48-42(57)26-63-22-21-61-20-17-46;1-2-17(23)4-3-6-27-8-11-30-14-19(25)22-5-7-28-9-10-29-13-18(24)12-16(15-31)20(21)26;/h11-14,29-30,34-37H,7-10,15-28,46H2,1-6H3,(H,47,59)(H,48,57)(H,49,56)(H,50,60);16,31H,2-15H2,1H3,(H2,21,26)(H,22,25);1H4/t30-,34+,35+,36+,37+;16-;/m11./s1. The number of rotatable bonds is 55. The lowest BCUT2D eigenvalue weighted by molar-refractivity contribution is -0.142. The quantitative estimate of drug-likeness (QED) is 0.0262. The number of hydrogen-bond donors (Lipinski definition) is 8. The summed E-state index contributed by atoms with van der Waals surface area (Å²) >= 11 is 5.35. The van der Waals surface area contributed by atoms with Crippen LogP contribution in [-0.4, -0.2) is 242 Å². The number of carbonyl (C=O) groups is 13. The molecule has 1 aliphatic rings. The maximum atomic E-state index is 13.6. The van der Waals surface area contributed by atoms with Crippen LogP contribution in [0.15, 0.2) is 24.3 Å². The Kier molecular flexibility index (Phi) is 51.4. The third kappa shape index (κ3) is 41.9. The van der Waals surface area contributed by atoms with Gasteiger partial charge in [-0.15, -0.1) is 0 Å². The fraction of sp³-hybridized carbons (Fsp3) is 0.712. The number of primary amides is 1. The molecule has 28 nitrogen and oxygen atoms in total. The van der Waals surface area contributed by atoms with Gasteiger partial charge in [-0.25, -0.2) is 0 Å². The van der Waals surface area contributed by atoms with Crippen LogP contribution in [0.3, 0.4) is 0 Å². The molecule has 1 fully saturated rings. The van der Waals surface area contributed by atoms with Crippen LogP contribution >= 0.6 is 24.4 Å². The lowest BCUT2D eigenvalue weighted by atomic mass is 9.96. The fourth-order valence-corrected chi connectivity index (χ4v) is 10.2. The number of benzene rings is 1. The van der Waals surface area contributed by atoms with Crippen molar-refractivity contribution in [2.24, 2.45) is 29.2 Å². The molecule has 0 saturated carbocycles. The van der Waals surface area contributed by atoms with Crippen molar-refractivity contribution in [2.45, 2.75) is 150 Å². The molecule has 1 heterocycles. The summed E-state index contributed by atoms with van der Waals surface area (Å²) in [4.78, 5) is 163. The zero-order chi connectivity index (χ0) is 70.9. The van der Waals surface area contributed by atoms with Gasteiger partial charge in [0.1, 0.15) is 38.3 Å². The minimum atomic E-state index is -0.897. The summed E-state index contributed by atoms with van der Waals surface area (Å²) < 4.78 is 37.2. The first-order chi connectivity index (χ1) is 45.4. The largest absolute Gasteiger partial charge is 0.379 e. The van der Waals surface area contributed by atoms with Gasteiger partial charge in [-0.2, -0.15) is 24.4 Å². The third-order valence-corrected chi connectivity index (χ3v) is 15.6. The number of hydrogen-bond acceptors (Lipinski definition) is 23. The van der Waals surface area contributed by atoms with Crippen LogP contribution in [-0.2, 0) is 97.1 Å². The highest BCUT2D eigenvalue weighted by molar-refractivity contribution is 7.98. The lowest BCUT2D eigenvalue weighted by Crippen LogP contribution is -2.52. The van der Waals surface area contributed by atoms with Crippen LogP contribution in [0.4, 0.5) is 0 Å². The topological polar surface area (TPSA) is 402 Å². The smallest absolute Gasteiger partial charge is 0.249 e. The number of ketones is 6. The molecule has 0 spiro atoms. The van der Waals surface area contributed by atoms with Gasteiger partial charge in [-0.3, -0.25) is 62.3 Å². The van der Waals surface area contributed by atoms with Crippen molar-refractivity contribution in [1.29, 1.82) is 0 Å². The van der Waals surface area contributed by atoms with E-state index in [4.69, 9.17) is 44.6 Å². The molecule has 0 bridgehead atoms. The highest BCUT2D eigenvalue weighted by atomic mass is 32.2. The van der Waals surface area contributed by atoms with Gasteiger partial charge in [0.25, 0.3) is 0 Å². The van der Waals surface area contributed by atoms with E-state index in [9.17, 15) is 62.3 Å². The molecule has 9 N–H and O–H groups in total. The third-order valence-electron chi connectivity index (χ3n) is 14.5. The Morgan fingerprint density at radius 2 is 1.22 bits per heavy atom. The van der Waals surface area contributed by atoms with Crippen molar-refractivity contribution in [1.82, 2.24) is 31.5 Å². The Morgan fingerprint density at radius 3 is 1.81 bits per heavy atom. The van der Waals surface area contributed by atoms with E-state index in [-0.39, 0.29) is 170 Å². The van der Waals surface area contributed by atoms with Crippen LogP contribution < -0.4 is 38.1 Å². The SMILES string of the molecule is C.CCC(=O)CCCOCCOCC(=O)NCCOCCOCC(=O)C[C@H](CS)C(N)=O.CNC(=O)[C@H](C)CC(=O)[C@H](CSC)NC(=O)CCC(=O)[C@H](CC(C)C)NC(=O)[C@@H]1CCCN1C(=O)COCCCC(=O)[C@H](Cc1ccc(C(C)=O)cc1)NC(=O)COCCOCCN. The molecule has 1 aliphatic heterocycles. The maximum absolute atomic E-state index is 13.6. The minimum absolute atomic E-state index is 0. The normalized spacial score (nSPS) is 14.1. The van der Waals surface area contributed by atoms with Crippen molar-refractivity contribution >= 4 is 100 Å². The molecule has 6 atom stereocenters. The van der Waals surface area contributed by atoms with Gasteiger partial charge >= 0.3 is 0 Å². The van der Waals surface area contributed by atoms with Gasteiger partial charge in [-0.1, -0.05) is 59.4 Å². The number of amides is 7. The second-order valence-electron chi connectivity index (χ2n) is 23.0. The Labute approximate surface area is 576 Å². The molecule has 2 rings (SSSR count). The molecule has 546 valence electrons. The minimum Gasteiger partial charge on any atom is -0.379 e. The molecule has 7 amide bonds. The van der Waals surface area contributed by atoms with E-state index in [1.807, 2.05) is 20.8 Å². The van der Waals surface area contributed by atoms with Gasteiger partial charge < -0.3 is 76.1 Å². The molecule has 0 radical (unpaired) electrons. The molecule has 0 unspecified atom stereocenters. The molecule has 30 heteroatoms. The number of likely N-dealkylation sites (tertiary alicyclic amines) is 1. The van der Waals surface area contributed by atoms with E-state index in [0.29, 0.717) is 103 Å². The first-order valence-electron chi connectivity index (χ1n) is 32.4. The zero-order valence-corrected chi connectivity index (χ0v) is 58.3. The van der Waals surface area contributed by atoms with E-state index >= 15 is 0 Å². The number of Topliss-reactive ketones (excluding diaryl/α,β-unsaturated/α-hetero) is 6. The first kappa shape index (κ1) is 89.9. The molecule has 1 aromatic carbocycles. The monoisotopic (exact) mass is 1400 g/mol. The van der Waals surface area contributed by atoms with E-state index < -0.39 is 65.5 Å². The van der Waals surface area contributed by atoms with Gasteiger partial charge in [0.2, 0.25) is 41.4 Å². The van der Waals surface area contributed by atoms with Crippen LogP contribution in [0.1, 0.15) is 135 Å². The van der Waals surface area contributed by atoms with Gasteiger partial charge in [0, 0.05) is 108 Å². The van der Waals surface area contributed by atoms with Crippen molar-refractivity contribution in [2.75, 3.05) is 137 Å². The number of nitrogens with two attached hydrogens (primary N) is 2. The summed E-state index contributed by atoms with van der Waals surface area (Å²) in [7, 11) is 1.49. The van der Waals surface area contributed by atoms with Crippen LogP contribution in [0.5, 0.6) is 0 Å². The van der Waals surface area contributed by atoms with Gasteiger partial charge in [-0.05, 0) is 63.2 Å². The molecule has 0 aromatic heterocycles. The Morgan fingerprint density at radius 1 is 0.646 bits per heavy atom. The number of ether oxygens (including phenoxy) is 7. The summed E-state index contributed by atoms with van der Waals surface area (Å²) in [6.45, 7) is 11.8. The van der Waals surface area contributed by atoms with Crippen LogP contribution in [0, 0.1) is 17.8 Å². The van der Waals surface area contributed by atoms with Crippen molar-refractivity contribution < 1.29 is 95.5 Å². The van der Waals surface area contributed by atoms with E-state index in [1.54, 1.807) is 37.4 Å². The van der Waals surface area contributed by atoms with Crippen molar-refractivity contribution in [3.63, 3.8) is 0 Å². The average molecular weight is 1400 g/mol. The molecule has 0 aliphatic carbocycles. The number of nitrogens with zero attached hydrogens (tertiary/aromatic N) is 1. The Hall–Kier alpha value is -6.09. The average Bonchev–Trinajstić information content (AvgIpc) is 1.68. The number of carbonyl (C=O) groups excluding carboxylic acids is 13. The fourth-order valence-electron chi connectivity index (χ4n) is 9.26. The summed E-state index contributed by atoms with van der Waals surface area (Å²) in [5, 5.41) is 13.4. The van der Waals surface area contributed by atoms with Crippen LogP contribution in [0.2, 0.25) is 0 Å². The van der Waals surface area contributed by atoms with Crippen molar-refractivity contribution in [3.8, 4) is 0 Å². The molecule has 96 heavy (non-hydrogen) atoms. The Balaban J connectivity index is 0.00000237. The second-order valence-corrected chi connectivity index (χ2v) is 24.3. The number of thiol groups is 1. The molecular weight excluding hydrogens is 1290 g/mol. The summed E-state index contributed by atoms with van der Waals surface area (Å²) in [5.41, 5.74) is 11.8.